The number of phenolic OH excluding ortho intramolecular Hbond substituents is 1. The van der Waals surface area contributed by atoms with Crippen molar-refractivity contribution >= 4 is 33.7 Å². The number of rotatable bonds is 2. The van der Waals surface area contributed by atoms with Gasteiger partial charge in [-0.1, -0.05) is 11.6 Å². The molecule has 1 aliphatic heterocycles. The lowest BCUT2D eigenvalue weighted by Crippen LogP contribution is -2.53. The Morgan fingerprint density at radius 2 is 1.95 bits per heavy atom. The molecule has 1 saturated heterocycles. The normalized spacial score (nSPS) is 28.5. The molecule has 1 aromatic carbocycles. The Bertz CT molecular complexity index is 1790. The highest BCUT2D eigenvalue weighted by molar-refractivity contribution is 6.36. The zero-order valence-electron chi connectivity index (χ0n) is 22.5. The van der Waals surface area contributed by atoms with Crippen LogP contribution in [0.2, 0.25) is 5.02 Å². The van der Waals surface area contributed by atoms with Crippen LogP contribution in [0.3, 0.4) is 0 Å². The lowest BCUT2D eigenvalue weighted by Gasteiger charge is -2.50. The Kier molecular flexibility index (Phi) is 5.96. The Hall–Kier alpha value is -3.19. The van der Waals surface area contributed by atoms with Crippen molar-refractivity contribution in [2.24, 2.45) is 5.41 Å². The third kappa shape index (κ3) is 3.44. The molecule has 1 fully saturated rings. The minimum absolute atomic E-state index is 0.0172. The number of methoxy groups -OCH3 is 2. The van der Waals surface area contributed by atoms with Crippen molar-refractivity contribution in [2.45, 2.75) is 50.6 Å². The summed E-state index contributed by atoms with van der Waals surface area (Å²) < 4.78 is 29.2. The highest BCUT2D eigenvalue weighted by Gasteiger charge is 2.56. The van der Waals surface area contributed by atoms with Gasteiger partial charge >= 0.3 is 0 Å². The van der Waals surface area contributed by atoms with Gasteiger partial charge in [-0.3, -0.25) is 9.59 Å². The van der Waals surface area contributed by atoms with Gasteiger partial charge in [-0.25, -0.2) is 0 Å². The molecule has 1 spiro atoms. The lowest BCUT2D eigenvalue weighted by molar-refractivity contribution is -0.193. The number of aromatic hydroxyl groups is 1. The van der Waals surface area contributed by atoms with Gasteiger partial charge in [-0.2, -0.15) is 0 Å². The second-order valence-electron chi connectivity index (χ2n) is 11.1. The van der Waals surface area contributed by atoms with Crippen molar-refractivity contribution in [3.8, 4) is 5.75 Å². The van der Waals surface area contributed by atoms with E-state index in [1.807, 2.05) is 0 Å². The molecule has 216 valence electrons. The molecule has 5 unspecified atom stereocenters. The fourth-order valence-corrected chi connectivity index (χ4v) is 7.42. The van der Waals surface area contributed by atoms with E-state index in [0.717, 1.165) is 0 Å². The summed E-state index contributed by atoms with van der Waals surface area (Å²) in [5, 5.41) is 35.0. The van der Waals surface area contributed by atoms with Crippen LogP contribution in [0.4, 0.5) is 0 Å². The monoisotopic (exact) mass is 585 g/mol. The maximum atomic E-state index is 14.1. The zero-order valence-corrected chi connectivity index (χ0v) is 23.3. The number of halogens is 1. The summed E-state index contributed by atoms with van der Waals surface area (Å²) in [4.78, 5) is 29.8. The highest BCUT2D eigenvalue weighted by Crippen LogP contribution is 2.58. The van der Waals surface area contributed by atoms with Crippen molar-refractivity contribution in [1.82, 2.24) is 4.98 Å². The van der Waals surface area contributed by atoms with Gasteiger partial charge in [0.15, 0.2) is 0 Å². The fourth-order valence-electron chi connectivity index (χ4n) is 7.22. The van der Waals surface area contributed by atoms with Gasteiger partial charge < -0.3 is 43.7 Å². The van der Waals surface area contributed by atoms with Gasteiger partial charge in [0, 0.05) is 55.7 Å². The van der Waals surface area contributed by atoms with E-state index >= 15 is 0 Å². The van der Waals surface area contributed by atoms with E-state index < -0.39 is 46.6 Å². The van der Waals surface area contributed by atoms with E-state index in [9.17, 15) is 24.9 Å². The van der Waals surface area contributed by atoms with Crippen LogP contribution in [0.1, 0.15) is 58.1 Å². The number of benzene rings is 1. The van der Waals surface area contributed by atoms with Crippen LogP contribution < -0.4 is 11.0 Å². The standard InChI is InChI=1S/C29H28ClNO10/c1-10-22(30)12-4-11-5-16-29(8-39-9-40-16)7-15-19(25(35)21(29)17(11)23(33)18(12)28(36)31-10)24(34)20-14(37-2)6-13(32)26(38-3)27(20)41-15/h4,13-14,16,26,32-33,35H,5-9H2,1-3H3,(H,31,36). The number of aromatic nitrogens is 1. The Labute approximate surface area is 237 Å². The number of pyridine rings is 1. The molecule has 3 aromatic rings. The second-order valence-corrected chi connectivity index (χ2v) is 11.5. The van der Waals surface area contributed by atoms with Crippen molar-refractivity contribution in [1.29, 1.82) is 0 Å². The molecule has 5 atom stereocenters. The molecule has 41 heavy (non-hydrogen) atoms. The molecule has 0 radical (unpaired) electrons. The van der Waals surface area contributed by atoms with Crippen molar-refractivity contribution in [3.05, 3.63) is 71.1 Å². The molecule has 12 heteroatoms. The summed E-state index contributed by atoms with van der Waals surface area (Å²) in [7, 11) is 2.84. The van der Waals surface area contributed by atoms with Crippen LogP contribution in [-0.2, 0) is 31.8 Å². The largest absolute Gasteiger partial charge is 0.507 e. The molecule has 3 aliphatic carbocycles. The number of aryl methyl sites for hydroxylation is 1. The number of hydrogen-bond acceptors (Lipinski definition) is 10. The van der Waals surface area contributed by atoms with Gasteiger partial charge in [0.2, 0.25) is 5.43 Å². The molecule has 2 aromatic heterocycles. The Balaban J connectivity index is 1.58. The van der Waals surface area contributed by atoms with E-state index in [0.29, 0.717) is 28.1 Å². The molecular formula is C29H28ClNO10. The molecule has 4 N–H and O–H groups in total. The summed E-state index contributed by atoms with van der Waals surface area (Å²) in [6.45, 7) is 1.78. The maximum absolute atomic E-state index is 14.1. The van der Waals surface area contributed by atoms with Crippen LogP contribution >= 0.6 is 11.6 Å². The Morgan fingerprint density at radius 3 is 2.68 bits per heavy atom. The van der Waals surface area contributed by atoms with Crippen molar-refractivity contribution in [2.75, 3.05) is 27.6 Å². The third-order valence-corrected chi connectivity index (χ3v) is 9.57. The zero-order chi connectivity index (χ0) is 29.0. The molecule has 7 rings (SSSR count). The first-order valence-electron chi connectivity index (χ1n) is 13.3. The van der Waals surface area contributed by atoms with Gasteiger partial charge in [-0.15, -0.1) is 0 Å². The lowest BCUT2D eigenvalue weighted by atomic mass is 9.60. The van der Waals surface area contributed by atoms with Crippen molar-refractivity contribution < 1.29 is 38.7 Å². The third-order valence-electron chi connectivity index (χ3n) is 9.08. The van der Waals surface area contributed by atoms with E-state index in [-0.39, 0.29) is 71.2 Å². The highest BCUT2D eigenvalue weighted by atomic mass is 35.5. The number of aromatic amines is 1. The van der Waals surface area contributed by atoms with Crippen LogP contribution in [-0.4, -0.2) is 60.1 Å². The van der Waals surface area contributed by atoms with Crippen LogP contribution in [0, 0.1) is 12.3 Å². The van der Waals surface area contributed by atoms with Gasteiger partial charge in [0.25, 0.3) is 5.56 Å². The molecule has 0 saturated carbocycles. The maximum Gasteiger partial charge on any atom is 0.259 e. The first kappa shape index (κ1) is 26.7. The average molecular weight is 586 g/mol. The smallest absolute Gasteiger partial charge is 0.259 e. The molecule has 0 bridgehead atoms. The quantitative estimate of drug-likeness (QED) is 0.351. The summed E-state index contributed by atoms with van der Waals surface area (Å²) in [5.74, 6) is -0.429. The molecule has 0 amide bonds. The van der Waals surface area contributed by atoms with E-state index in [1.165, 1.54) is 14.2 Å². The molecular weight excluding hydrogens is 558 g/mol. The summed E-state index contributed by atoms with van der Waals surface area (Å²) >= 11 is 6.54. The number of aliphatic hydroxyl groups excluding tert-OH is 2. The number of nitrogens with one attached hydrogen (secondary N) is 1. The van der Waals surface area contributed by atoms with Gasteiger partial charge in [0.05, 0.1) is 46.3 Å². The minimum atomic E-state index is -1.06. The number of fused-ring (bicyclic) bond motifs is 5. The van der Waals surface area contributed by atoms with Gasteiger partial charge in [-0.05, 0) is 18.6 Å². The number of ether oxygens (including phenoxy) is 4. The van der Waals surface area contributed by atoms with E-state index in [2.05, 4.69) is 4.98 Å². The number of aliphatic hydroxyl groups is 2. The fraction of sp³-hybridized carbons (Fsp3) is 0.448. The molecule has 3 heterocycles. The molecule has 11 nitrogen and oxygen atoms in total. The average Bonchev–Trinajstić information content (AvgIpc) is 2.93. The second kappa shape index (κ2) is 9.15. The summed E-state index contributed by atoms with van der Waals surface area (Å²) in [6, 6.07) is 1.73. The first-order valence-corrected chi connectivity index (χ1v) is 13.6. The van der Waals surface area contributed by atoms with E-state index in [1.54, 1.807) is 13.0 Å². The van der Waals surface area contributed by atoms with Crippen LogP contribution in [0.25, 0.3) is 22.1 Å². The number of H-pyrrole nitrogens is 1. The summed E-state index contributed by atoms with van der Waals surface area (Å²) in [6.07, 6.45) is -2.71. The van der Waals surface area contributed by atoms with E-state index in [4.69, 9.17) is 35.0 Å². The predicted molar refractivity (Wildman–Crippen MR) is 146 cm³/mol. The van der Waals surface area contributed by atoms with Gasteiger partial charge in [0.1, 0.15) is 41.5 Å². The topological polar surface area (TPSA) is 161 Å². The minimum Gasteiger partial charge on any atom is -0.507 e. The first-order chi connectivity index (χ1) is 19.6. The van der Waals surface area contributed by atoms with Crippen LogP contribution in [0.5, 0.6) is 5.75 Å². The number of hydrogen-bond donors (Lipinski definition) is 4. The molecule has 4 aliphatic rings. The Morgan fingerprint density at radius 1 is 1.17 bits per heavy atom. The van der Waals surface area contributed by atoms with Crippen molar-refractivity contribution in [3.63, 3.8) is 0 Å². The summed E-state index contributed by atoms with van der Waals surface area (Å²) in [5.41, 5.74) is -0.509. The predicted octanol–water partition coefficient (Wildman–Crippen LogP) is 3.19. The van der Waals surface area contributed by atoms with Crippen LogP contribution in [0.15, 0.2) is 20.1 Å². The number of phenols is 1. The SMILES string of the molecule is COC1CC(O)C(OC)c2oc3c(c(=O)c21)C(O)=C1c2c(cc4c(Cl)c(C)[nH]c(=O)c4c2O)CC2OCOCC12C3.